The van der Waals surface area contributed by atoms with Gasteiger partial charge in [-0.05, 0) is 43.2 Å². The van der Waals surface area contributed by atoms with Crippen LogP contribution in [-0.2, 0) is 7.05 Å². The minimum Gasteiger partial charge on any atom is -0.275 e. The Bertz CT molecular complexity index is 1170. The lowest BCUT2D eigenvalue weighted by molar-refractivity contribution is 0.153. The molecule has 0 unspecified atom stereocenters. The molecular formula is C20H16F3N5. The molecule has 0 atom stereocenters. The largest absolute Gasteiger partial charge is 0.275 e. The predicted molar refractivity (Wildman–Crippen MR) is 98.0 cm³/mol. The summed E-state index contributed by atoms with van der Waals surface area (Å²) in [7, 11) is 1.75. The highest BCUT2D eigenvalue weighted by molar-refractivity contribution is 5.87. The average molecular weight is 383 g/mol. The van der Waals surface area contributed by atoms with Gasteiger partial charge in [-0.25, -0.2) is 22.8 Å². The Labute approximate surface area is 158 Å². The van der Waals surface area contributed by atoms with Gasteiger partial charge in [-0.2, -0.15) is 10.2 Å². The minimum absolute atomic E-state index is 0.0842. The van der Waals surface area contributed by atoms with Gasteiger partial charge in [0, 0.05) is 30.3 Å². The van der Waals surface area contributed by atoms with E-state index >= 15 is 0 Å². The van der Waals surface area contributed by atoms with E-state index in [1.807, 2.05) is 0 Å². The zero-order valence-corrected chi connectivity index (χ0v) is 15.0. The molecule has 0 N–H and O–H groups in total. The van der Waals surface area contributed by atoms with E-state index in [4.69, 9.17) is 0 Å². The van der Waals surface area contributed by atoms with Crippen molar-refractivity contribution in [2.24, 2.45) is 7.05 Å². The third kappa shape index (κ3) is 2.76. The number of nitrogens with zero attached hydrogens (tertiary/aromatic N) is 5. The van der Waals surface area contributed by atoms with Gasteiger partial charge in [-0.15, -0.1) is 0 Å². The van der Waals surface area contributed by atoms with E-state index in [-0.39, 0.29) is 17.3 Å². The Balaban J connectivity index is 1.82. The molecule has 1 aromatic carbocycles. The van der Waals surface area contributed by atoms with Crippen molar-refractivity contribution in [3.63, 3.8) is 0 Å². The lowest BCUT2D eigenvalue weighted by atomic mass is 10.1. The monoisotopic (exact) mass is 383 g/mol. The van der Waals surface area contributed by atoms with E-state index in [2.05, 4.69) is 15.2 Å². The van der Waals surface area contributed by atoms with Crippen molar-refractivity contribution in [3.05, 3.63) is 59.8 Å². The normalized spacial score (nSPS) is 14.3. The third-order valence-corrected chi connectivity index (χ3v) is 4.97. The second kappa shape index (κ2) is 6.19. The molecule has 4 aromatic rings. The van der Waals surface area contributed by atoms with Gasteiger partial charge in [0.15, 0.2) is 5.65 Å². The number of hydrogen-bond acceptors (Lipinski definition) is 3. The van der Waals surface area contributed by atoms with Gasteiger partial charge < -0.3 is 0 Å². The summed E-state index contributed by atoms with van der Waals surface area (Å²) in [5, 5.41) is 9.12. The summed E-state index contributed by atoms with van der Waals surface area (Å²) < 4.78 is 44.5. The third-order valence-electron chi connectivity index (χ3n) is 4.97. The fraction of sp³-hybridized carbons (Fsp3) is 0.250. The Morgan fingerprint density at radius 2 is 1.89 bits per heavy atom. The van der Waals surface area contributed by atoms with Gasteiger partial charge in [0.1, 0.15) is 5.82 Å². The predicted octanol–water partition coefficient (Wildman–Crippen LogP) is 4.78. The maximum absolute atomic E-state index is 14.0. The Kier molecular flexibility index (Phi) is 3.75. The number of aryl methyl sites for hydroxylation is 1. The van der Waals surface area contributed by atoms with Crippen molar-refractivity contribution < 1.29 is 13.2 Å². The van der Waals surface area contributed by atoms with Crippen LogP contribution in [-0.4, -0.2) is 24.5 Å². The summed E-state index contributed by atoms with van der Waals surface area (Å²) in [5.41, 5.74) is 2.53. The molecule has 0 bridgehead atoms. The number of alkyl halides is 2. The smallest absolute Gasteiger partial charge is 0.264 e. The first-order valence-corrected chi connectivity index (χ1v) is 8.98. The molecule has 1 aliphatic rings. The van der Waals surface area contributed by atoms with Crippen molar-refractivity contribution in [2.75, 3.05) is 0 Å². The van der Waals surface area contributed by atoms with Crippen molar-refractivity contribution in [1.82, 2.24) is 24.5 Å². The van der Waals surface area contributed by atoms with Crippen LogP contribution >= 0.6 is 0 Å². The summed E-state index contributed by atoms with van der Waals surface area (Å²) in [6.07, 6.45) is 2.49. The van der Waals surface area contributed by atoms with E-state index in [9.17, 15) is 13.2 Å². The van der Waals surface area contributed by atoms with Gasteiger partial charge >= 0.3 is 0 Å². The standard InChI is InChI=1S/C20H16F3N5/c1-27-10-12(9-24-27)16-8-15(19(22)23)17-18(11-2-3-11)26-28(20(17)25-16)14-6-4-13(21)5-7-14/h4-11,19H,2-3H2,1H3. The van der Waals surface area contributed by atoms with Crippen LogP contribution in [0.5, 0.6) is 0 Å². The molecule has 1 fully saturated rings. The molecule has 0 radical (unpaired) electrons. The molecule has 5 rings (SSSR count). The Morgan fingerprint density at radius 1 is 1.14 bits per heavy atom. The molecule has 0 saturated heterocycles. The first-order valence-electron chi connectivity index (χ1n) is 8.98. The number of aromatic nitrogens is 5. The molecule has 0 aliphatic heterocycles. The maximum atomic E-state index is 14.0. The fourth-order valence-electron chi connectivity index (χ4n) is 3.45. The number of halogens is 3. The zero-order valence-electron chi connectivity index (χ0n) is 15.0. The first-order chi connectivity index (χ1) is 13.5. The van der Waals surface area contributed by atoms with Crippen LogP contribution in [0.1, 0.15) is 36.4 Å². The number of rotatable bonds is 4. The maximum Gasteiger partial charge on any atom is 0.264 e. The van der Waals surface area contributed by atoms with Crippen molar-refractivity contribution >= 4 is 11.0 Å². The molecule has 8 heteroatoms. The van der Waals surface area contributed by atoms with Gasteiger partial charge in [0.05, 0.1) is 28.7 Å². The zero-order chi connectivity index (χ0) is 19.4. The summed E-state index contributed by atoms with van der Waals surface area (Å²) in [6.45, 7) is 0. The summed E-state index contributed by atoms with van der Waals surface area (Å²) in [4.78, 5) is 4.65. The number of hydrogen-bond donors (Lipinski definition) is 0. The Hall–Kier alpha value is -3.16. The SMILES string of the molecule is Cn1cc(-c2cc(C(F)F)c3c(C4CC4)nn(-c4ccc(F)cc4)c3n2)cn1. The van der Waals surface area contributed by atoms with Crippen LogP contribution in [0.4, 0.5) is 13.2 Å². The van der Waals surface area contributed by atoms with Crippen LogP contribution < -0.4 is 0 Å². The molecule has 1 aliphatic carbocycles. The lowest BCUT2D eigenvalue weighted by Crippen LogP contribution is -2.00. The van der Waals surface area contributed by atoms with E-state index < -0.39 is 6.43 Å². The van der Waals surface area contributed by atoms with E-state index in [0.29, 0.717) is 33.7 Å². The van der Waals surface area contributed by atoms with E-state index in [1.54, 1.807) is 36.3 Å². The molecule has 0 amide bonds. The molecule has 0 spiro atoms. The second-order valence-corrected chi connectivity index (χ2v) is 7.05. The van der Waals surface area contributed by atoms with Crippen LogP contribution in [0.2, 0.25) is 0 Å². The summed E-state index contributed by atoms with van der Waals surface area (Å²) in [6, 6.07) is 7.20. The number of fused-ring (bicyclic) bond motifs is 1. The average Bonchev–Trinajstić information content (AvgIpc) is 3.32. The first kappa shape index (κ1) is 17.0. The molecule has 3 aromatic heterocycles. The molecule has 1 saturated carbocycles. The summed E-state index contributed by atoms with van der Waals surface area (Å²) >= 11 is 0. The van der Waals surface area contributed by atoms with Crippen molar-refractivity contribution in [1.29, 1.82) is 0 Å². The van der Waals surface area contributed by atoms with Crippen LogP contribution in [0.25, 0.3) is 28.0 Å². The van der Waals surface area contributed by atoms with E-state index in [1.165, 1.54) is 22.9 Å². The van der Waals surface area contributed by atoms with Crippen LogP contribution in [0.15, 0.2) is 42.7 Å². The molecule has 142 valence electrons. The highest BCUT2D eigenvalue weighted by atomic mass is 19.3. The van der Waals surface area contributed by atoms with Crippen LogP contribution in [0, 0.1) is 5.82 Å². The molecule has 28 heavy (non-hydrogen) atoms. The number of pyridine rings is 1. The second-order valence-electron chi connectivity index (χ2n) is 7.05. The van der Waals surface area contributed by atoms with Gasteiger partial charge in [0.25, 0.3) is 6.43 Å². The van der Waals surface area contributed by atoms with Gasteiger partial charge in [0.2, 0.25) is 0 Å². The molecule has 5 nitrogen and oxygen atoms in total. The summed E-state index contributed by atoms with van der Waals surface area (Å²) in [5.74, 6) is -0.215. The highest BCUT2D eigenvalue weighted by Crippen LogP contribution is 2.45. The van der Waals surface area contributed by atoms with Crippen molar-refractivity contribution in [2.45, 2.75) is 25.2 Å². The van der Waals surface area contributed by atoms with Crippen LogP contribution in [0.3, 0.4) is 0 Å². The Morgan fingerprint density at radius 3 is 2.50 bits per heavy atom. The highest BCUT2D eigenvalue weighted by Gasteiger charge is 2.33. The lowest BCUT2D eigenvalue weighted by Gasteiger charge is -2.08. The van der Waals surface area contributed by atoms with E-state index in [0.717, 1.165) is 12.8 Å². The number of benzene rings is 1. The molecular weight excluding hydrogens is 367 g/mol. The van der Waals surface area contributed by atoms with Gasteiger partial charge in [-0.3, -0.25) is 4.68 Å². The quantitative estimate of drug-likeness (QED) is 0.510. The molecule has 3 heterocycles. The van der Waals surface area contributed by atoms with Crippen molar-refractivity contribution in [3.8, 4) is 16.9 Å². The topological polar surface area (TPSA) is 48.5 Å². The minimum atomic E-state index is -2.66. The fourth-order valence-corrected chi connectivity index (χ4v) is 3.45. The van der Waals surface area contributed by atoms with Gasteiger partial charge in [-0.1, -0.05) is 0 Å².